The Balaban J connectivity index is 2.47. The molecule has 66 valence electrons. The van der Waals surface area contributed by atoms with Crippen LogP contribution in [0.25, 0.3) is 0 Å². The van der Waals surface area contributed by atoms with Crippen molar-refractivity contribution >= 4 is 22.6 Å². The van der Waals surface area contributed by atoms with Gasteiger partial charge in [0.15, 0.2) is 6.29 Å². The fourth-order valence-corrected chi connectivity index (χ4v) is 1.50. The highest BCUT2D eigenvalue weighted by atomic mass is 127. The molecular weight excluding hydrogens is 263 g/mol. The van der Waals surface area contributed by atoms with Crippen LogP contribution in [0.5, 0.6) is 0 Å². The van der Waals surface area contributed by atoms with E-state index in [2.05, 4.69) is 0 Å². The second-order valence-electron chi connectivity index (χ2n) is 2.58. The summed E-state index contributed by atoms with van der Waals surface area (Å²) in [5.74, 6) is 0. The van der Waals surface area contributed by atoms with Crippen molar-refractivity contribution in [2.24, 2.45) is 0 Å². The van der Waals surface area contributed by atoms with E-state index in [0.29, 0.717) is 6.42 Å². The van der Waals surface area contributed by atoms with Gasteiger partial charge in [0.2, 0.25) is 0 Å². The first-order chi connectivity index (χ1) is 5.15. The van der Waals surface area contributed by atoms with Crippen LogP contribution in [0.2, 0.25) is 0 Å². The number of ether oxygens (including phenoxy) is 1. The second kappa shape index (κ2) is 3.99. The van der Waals surface area contributed by atoms with E-state index in [9.17, 15) is 5.11 Å². The molecule has 4 nitrogen and oxygen atoms in total. The first kappa shape index (κ1) is 9.66. The van der Waals surface area contributed by atoms with Crippen molar-refractivity contribution < 1.29 is 20.1 Å². The molecule has 1 aliphatic heterocycles. The molecule has 0 radical (unpaired) electrons. The number of alkyl halides is 1. The summed E-state index contributed by atoms with van der Waals surface area (Å²) < 4.78 is 4.66. The van der Waals surface area contributed by atoms with Gasteiger partial charge in [-0.2, -0.15) is 0 Å². The van der Waals surface area contributed by atoms with Crippen LogP contribution in [0.4, 0.5) is 0 Å². The van der Waals surface area contributed by atoms with Crippen LogP contribution in [0.15, 0.2) is 0 Å². The van der Waals surface area contributed by atoms with Gasteiger partial charge in [-0.1, -0.05) is 22.6 Å². The maximum absolute atomic E-state index is 9.29. The Labute approximate surface area is 78.3 Å². The van der Waals surface area contributed by atoms with Crippen molar-refractivity contribution in [3.63, 3.8) is 0 Å². The van der Waals surface area contributed by atoms with Gasteiger partial charge in [-0.25, -0.2) is 0 Å². The maximum Gasteiger partial charge on any atom is 0.169 e. The molecule has 0 saturated carbocycles. The highest BCUT2D eigenvalue weighted by Crippen LogP contribution is 2.24. The van der Waals surface area contributed by atoms with E-state index in [1.807, 2.05) is 22.6 Å². The number of hydrogen-bond donors (Lipinski definition) is 3. The lowest BCUT2D eigenvalue weighted by Crippen LogP contribution is -2.45. The van der Waals surface area contributed by atoms with Gasteiger partial charge in [0.25, 0.3) is 0 Å². The van der Waals surface area contributed by atoms with E-state index in [0.717, 1.165) is 0 Å². The molecule has 0 spiro atoms. The molecule has 5 heteroatoms. The third-order valence-electron chi connectivity index (χ3n) is 1.68. The molecule has 1 aliphatic rings. The van der Waals surface area contributed by atoms with Crippen LogP contribution in [-0.2, 0) is 4.74 Å². The van der Waals surface area contributed by atoms with E-state index in [4.69, 9.17) is 14.9 Å². The van der Waals surface area contributed by atoms with Crippen LogP contribution in [0.1, 0.15) is 6.42 Å². The largest absolute Gasteiger partial charge is 0.394 e. The molecule has 0 aromatic heterocycles. The molecule has 0 amide bonds. The highest BCUT2D eigenvalue weighted by Gasteiger charge is 2.34. The van der Waals surface area contributed by atoms with Gasteiger partial charge in [-0.3, -0.25) is 0 Å². The lowest BCUT2D eigenvalue weighted by molar-refractivity contribution is -0.189. The molecule has 4 atom stereocenters. The van der Waals surface area contributed by atoms with E-state index in [1.54, 1.807) is 0 Å². The zero-order valence-corrected chi connectivity index (χ0v) is 8.01. The number of halogens is 1. The summed E-state index contributed by atoms with van der Waals surface area (Å²) in [5.41, 5.74) is 0. The van der Waals surface area contributed by atoms with E-state index >= 15 is 0 Å². The summed E-state index contributed by atoms with van der Waals surface area (Å²) in [5, 5.41) is 27.1. The molecule has 1 fully saturated rings. The Morgan fingerprint density at radius 2 is 2.09 bits per heavy atom. The smallest absolute Gasteiger partial charge is 0.169 e. The molecule has 1 rings (SSSR count). The monoisotopic (exact) mass is 274 g/mol. The summed E-state index contributed by atoms with van der Waals surface area (Å²) in [7, 11) is 0. The summed E-state index contributed by atoms with van der Waals surface area (Å²) in [6.07, 6.45) is -1.58. The Morgan fingerprint density at radius 1 is 1.45 bits per heavy atom. The van der Waals surface area contributed by atoms with Crippen molar-refractivity contribution in [2.75, 3.05) is 6.61 Å². The fraction of sp³-hybridized carbons (Fsp3) is 1.00. The normalized spacial score (nSPS) is 45.8. The summed E-state index contributed by atoms with van der Waals surface area (Å²) in [4.78, 5) is 0. The van der Waals surface area contributed by atoms with Crippen molar-refractivity contribution in [3.8, 4) is 0 Å². The summed E-state index contributed by atoms with van der Waals surface area (Å²) in [6, 6.07) is 0. The lowest BCUT2D eigenvalue weighted by Gasteiger charge is -2.33. The second-order valence-corrected chi connectivity index (χ2v) is 4.02. The standard InChI is InChI=1S/C6H11IO4/c7-5-4(9)1-3(2-8)11-6(5)10/h3-6,8-10H,1-2H2/t3?,4?,5-,6?/m1/s1. The number of rotatable bonds is 1. The predicted octanol–water partition coefficient (Wildman–Crippen LogP) is -0.750. The molecule has 3 N–H and O–H groups in total. The third kappa shape index (κ3) is 2.25. The van der Waals surface area contributed by atoms with Gasteiger partial charge in [0.1, 0.15) is 0 Å². The quantitative estimate of drug-likeness (QED) is 0.435. The van der Waals surface area contributed by atoms with Crippen molar-refractivity contribution in [2.45, 2.75) is 28.8 Å². The van der Waals surface area contributed by atoms with Gasteiger partial charge in [0, 0.05) is 6.42 Å². The number of aliphatic hydroxyl groups excluding tert-OH is 3. The van der Waals surface area contributed by atoms with Crippen LogP contribution >= 0.6 is 22.6 Å². The predicted molar refractivity (Wildman–Crippen MR) is 46.4 cm³/mol. The zero-order chi connectivity index (χ0) is 8.43. The minimum atomic E-state index is -0.962. The van der Waals surface area contributed by atoms with Gasteiger partial charge < -0.3 is 20.1 Å². The summed E-state index contributed by atoms with van der Waals surface area (Å²) >= 11 is 1.93. The zero-order valence-electron chi connectivity index (χ0n) is 5.85. The van der Waals surface area contributed by atoms with Gasteiger partial charge in [-0.15, -0.1) is 0 Å². The molecule has 1 saturated heterocycles. The molecule has 1 heterocycles. The van der Waals surface area contributed by atoms with Crippen molar-refractivity contribution in [3.05, 3.63) is 0 Å². The molecule has 3 unspecified atom stereocenters. The number of aliphatic hydroxyl groups is 3. The Kier molecular flexibility index (Phi) is 3.51. The average Bonchev–Trinajstić information content (AvgIpc) is 1.99. The first-order valence-electron chi connectivity index (χ1n) is 3.41. The molecule has 0 aromatic carbocycles. The third-order valence-corrected chi connectivity index (χ3v) is 3.13. The van der Waals surface area contributed by atoms with Crippen molar-refractivity contribution in [1.29, 1.82) is 0 Å². The van der Waals surface area contributed by atoms with E-state index in [-0.39, 0.29) is 10.5 Å². The Morgan fingerprint density at radius 3 is 2.55 bits per heavy atom. The maximum atomic E-state index is 9.29. The van der Waals surface area contributed by atoms with Crippen LogP contribution < -0.4 is 0 Å². The van der Waals surface area contributed by atoms with Gasteiger partial charge in [-0.05, 0) is 0 Å². The average molecular weight is 274 g/mol. The minimum Gasteiger partial charge on any atom is -0.394 e. The first-order valence-corrected chi connectivity index (χ1v) is 4.66. The molecular formula is C6H11IO4. The summed E-state index contributed by atoms with van der Waals surface area (Å²) in [6.45, 7) is -0.155. The molecule has 0 aliphatic carbocycles. The molecule has 0 bridgehead atoms. The van der Waals surface area contributed by atoms with Gasteiger partial charge >= 0.3 is 0 Å². The van der Waals surface area contributed by atoms with E-state index < -0.39 is 18.5 Å². The lowest BCUT2D eigenvalue weighted by atomic mass is 10.1. The Hall–Kier alpha value is 0.570. The SMILES string of the molecule is OCC1CC(O)[C@@H](I)C(O)O1. The van der Waals surface area contributed by atoms with E-state index in [1.165, 1.54) is 0 Å². The molecule has 0 aromatic rings. The van der Waals surface area contributed by atoms with Gasteiger partial charge in [0.05, 0.1) is 22.7 Å². The van der Waals surface area contributed by atoms with Crippen LogP contribution in [-0.4, -0.2) is 44.3 Å². The topological polar surface area (TPSA) is 69.9 Å². The van der Waals surface area contributed by atoms with Crippen LogP contribution in [0, 0.1) is 0 Å². The van der Waals surface area contributed by atoms with Crippen molar-refractivity contribution in [1.82, 2.24) is 0 Å². The molecule has 11 heavy (non-hydrogen) atoms. The highest BCUT2D eigenvalue weighted by molar-refractivity contribution is 14.1. The van der Waals surface area contributed by atoms with Crippen LogP contribution in [0.3, 0.4) is 0 Å². The fourth-order valence-electron chi connectivity index (χ4n) is 1.03. The Bertz CT molecular complexity index is 120. The number of hydrogen-bond acceptors (Lipinski definition) is 4. The minimum absolute atomic E-state index is 0.155.